The van der Waals surface area contributed by atoms with E-state index in [1.807, 2.05) is 23.1 Å². The van der Waals surface area contributed by atoms with E-state index in [1.54, 1.807) is 25.2 Å². The molecule has 8 heteroatoms. The second kappa shape index (κ2) is 8.37. The van der Waals surface area contributed by atoms with Crippen LogP contribution in [0.1, 0.15) is 15.9 Å². The van der Waals surface area contributed by atoms with Crippen LogP contribution in [0.15, 0.2) is 42.5 Å². The molecule has 0 N–H and O–H groups in total. The lowest BCUT2D eigenvalue weighted by Gasteiger charge is -2.28. The second-order valence-electron chi connectivity index (χ2n) is 6.31. The first-order chi connectivity index (χ1) is 13.0. The summed E-state index contributed by atoms with van der Waals surface area (Å²) in [7, 11) is 1.65. The van der Waals surface area contributed by atoms with E-state index < -0.39 is 4.92 Å². The van der Waals surface area contributed by atoms with Crippen molar-refractivity contribution in [3.63, 3.8) is 0 Å². The van der Waals surface area contributed by atoms with E-state index in [9.17, 15) is 14.9 Å². The zero-order valence-electron chi connectivity index (χ0n) is 14.9. The lowest BCUT2D eigenvalue weighted by atomic mass is 10.1. The third-order valence-corrected chi connectivity index (χ3v) is 4.85. The molecule has 142 valence electrons. The minimum Gasteiger partial charge on any atom is -0.378 e. The Bertz CT molecular complexity index is 853. The molecule has 0 bridgehead atoms. The molecule has 1 saturated heterocycles. The monoisotopic (exact) mass is 389 g/mol. The number of carbonyl (C=O) groups is 1. The van der Waals surface area contributed by atoms with E-state index in [1.165, 1.54) is 11.0 Å². The summed E-state index contributed by atoms with van der Waals surface area (Å²) >= 11 is 6.15. The van der Waals surface area contributed by atoms with Gasteiger partial charge in [-0.25, -0.2) is 0 Å². The van der Waals surface area contributed by atoms with Crippen LogP contribution >= 0.6 is 11.6 Å². The van der Waals surface area contributed by atoms with E-state index in [-0.39, 0.29) is 17.2 Å². The molecule has 27 heavy (non-hydrogen) atoms. The molecule has 0 aliphatic carbocycles. The van der Waals surface area contributed by atoms with E-state index in [4.69, 9.17) is 16.3 Å². The number of rotatable bonds is 5. The molecule has 0 unspecified atom stereocenters. The predicted octanol–water partition coefficient (Wildman–Crippen LogP) is 3.36. The number of morpholine rings is 1. The summed E-state index contributed by atoms with van der Waals surface area (Å²) in [4.78, 5) is 27.3. The molecule has 0 aromatic heterocycles. The lowest BCUT2D eigenvalue weighted by Crippen LogP contribution is -2.36. The Morgan fingerprint density at radius 2 is 1.96 bits per heavy atom. The fourth-order valence-electron chi connectivity index (χ4n) is 3.05. The number of hydrogen-bond donors (Lipinski definition) is 0. The van der Waals surface area contributed by atoms with Gasteiger partial charge in [-0.2, -0.15) is 0 Å². The zero-order valence-corrected chi connectivity index (χ0v) is 15.7. The maximum absolute atomic E-state index is 12.7. The topological polar surface area (TPSA) is 75.9 Å². The Morgan fingerprint density at radius 3 is 2.63 bits per heavy atom. The smallest absolute Gasteiger partial charge is 0.293 e. The Labute approximate surface area is 162 Å². The molecule has 1 amide bonds. The lowest BCUT2D eigenvalue weighted by molar-refractivity contribution is -0.384. The average Bonchev–Trinajstić information content (AvgIpc) is 2.69. The quantitative estimate of drug-likeness (QED) is 0.579. The standard InChI is InChI=1S/C19H20ClN3O4/c1-21(13-15-4-2-3-5-16(15)20)19(24)14-6-7-17(18(12-14)23(25)26)22-8-10-27-11-9-22/h2-7,12H,8-11,13H2,1H3. The number of nitrogens with zero attached hydrogens (tertiary/aromatic N) is 3. The maximum atomic E-state index is 12.7. The van der Waals surface area contributed by atoms with Crippen molar-refractivity contribution in [1.29, 1.82) is 0 Å². The number of amides is 1. The van der Waals surface area contributed by atoms with Crippen LogP contribution in [0.5, 0.6) is 0 Å². The van der Waals surface area contributed by atoms with Crippen LogP contribution in [-0.2, 0) is 11.3 Å². The minimum atomic E-state index is -0.449. The summed E-state index contributed by atoms with van der Waals surface area (Å²) in [5.74, 6) is -0.299. The third kappa shape index (κ3) is 4.37. The number of halogens is 1. The van der Waals surface area contributed by atoms with Crippen molar-refractivity contribution in [2.24, 2.45) is 0 Å². The molecule has 1 aliphatic heterocycles. The second-order valence-corrected chi connectivity index (χ2v) is 6.72. The highest BCUT2D eigenvalue weighted by molar-refractivity contribution is 6.31. The zero-order chi connectivity index (χ0) is 19.4. The van der Waals surface area contributed by atoms with Gasteiger partial charge in [-0.1, -0.05) is 29.8 Å². The number of benzene rings is 2. The molecule has 0 radical (unpaired) electrons. The van der Waals surface area contributed by atoms with Crippen LogP contribution in [0.4, 0.5) is 11.4 Å². The van der Waals surface area contributed by atoms with Crippen molar-refractivity contribution >= 4 is 28.9 Å². The molecular weight excluding hydrogens is 370 g/mol. The summed E-state index contributed by atoms with van der Waals surface area (Å²) < 4.78 is 5.30. The highest BCUT2D eigenvalue weighted by Crippen LogP contribution is 2.30. The molecular formula is C19H20ClN3O4. The first kappa shape index (κ1) is 19.1. The molecule has 2 aromatic rings. The van der Waals surface area contributed by atoms with E-state index in [0.29, 0.717) is 43.6 Å². The van der Waals surface area contributed by atoms with E-state index in [0.717, 1.165) is 5.56 Å². The summed E-state index contributed by atoms with van der Waals surface area (Å²) in [5.41, 5.74) is 1.52. The molecule has 0 spiro atoms. The van der Waals surface area contributed by atoms with Crippen LogP contribution in [-0.4, -0.2) is 49.1 Å². The molecule has 1 aliphatic rings. The normalized spacial score (nSPS) is 14.1. The van der Waals surface area contributed by atoms with Gasteiger partial charge in [0.05, 0.1) is 18.1 Å². The van der Waals surface area contributed by atoms with Gasteiger partial charge in [0.2, 0.25) is 0 Å². The van der Waals surface area contributed by atoms with Crippen molar-refractivity contribution in [2.75, 3.05) is 38.3 Å². The Kier molecular flexibility index (Phi) is 5.93. The van der Waals surface area contributed by atoms with Crippen LogP contribution < -0.4 is 4.90 Å². The van der Waals surface area contributed by atoms with Gasteiger partial charge in [0, 0.05) is 43.3 Å². The van der Waals surface area contributed by atoms with Crippen LogP contribution in [0.2, 0.25) is 5.02 Å². The highest BCUT2D eigenvalue weighted by atomic mass is 35.5. The number of nitro groups is 1. The largest absolute Gasteiger partial charge is 0.378 e. The minimum absolute atomic E-state index is 0.0751. The molecule has 1 heterocycles. The first-order valence-electron chi connectivity index (χ1n) is 8.57. The maximum Gasteiger partial charge on any atom is 0.293 e. The van der Waals surface area contributed by atoms with Gasteiger partial charge in [0.15, 0.2) is 0 Å². The van der Waals surface area contributed by atoms with Gasteiger partial charge in [0.1, 0.15) is 5.69 Å². The summed E-state index contributed by atoms with van der Waals surface area (Å²) in [5, 5.41) is 12.1. The third-order valence-electron chi connectivity index (χ3n) is 4.48. The fraction of sp³-hybridized carbons (Fsp3) is 0.316. The van der Waals surface area contributed by atoms with Crippen molar-refractivity contribution < 1.29 is 14.5 Å². The van der Waals surface area contributed by atoms with Gasteiger partial charge >= 0.3 is 0 Å². The van der Waals surface area contributed by atoms with Crippen molar-refractivity contribution in [3.8, 4) is 0 Å². The van der Waals surface area contributed by atoms with E-state index in [2.05, 4.69) is 0 Å². The van der Waals surface area contributed by atoms with Gasteiger partial charge in [-0.3, -0.25) is 14.9 Å². The number of ether oxygens (including phenoxy) is 1. The Hall–Kier alpha value is -2.64. The van der Waals surface area contributed by atoms with Crippen molar-refractivity contribution in [3.05, 3.63) is 68.7 Å². The van der Waals surface area contributed by atoms with Crippen LogP contribution in [0.25, 0.3) is 0 Å². The van der Waals surface area contributed by atoms with Gasteiger partial charge in [0.25, 0.3) is 11.6 Å². The highest BCUT2D eigenvalue weighted by Gasteiger charge is 2.24. The first-order valence-corrected chi connectivity index (χ1v) is 8.95. The van der Waals surface area contributed by atoms with Gasteiger partial charge < -0.3 is 14.5 Å². The van der Waals surface area contributed by atoms with Gasteiger partial charge in [-0.05, 0) is 23.8 Å². The molecule has 3 rings (SSSR count). The van der Waals surface area contributed by atoms with Crippen LogP contribution in [0.3, 0.4) is 0 Å². The molecule has 1 fully saturated rings. The van der Waals surface area contributed by atoms with Crippen molar-refractivity contribution in [2.45, 2.75) is 6.54 Å². The summed E-state index contributed by atoms with van der Waals surface area (Å²) in [6.45, 7) is 2.54. The fourth-order valence-corrected chi connectivity index (χ4v) is 3.24. The number of carbonyl (C=O) groups excluding carboxylic acids is 1. The Morgan fingerprint density at radius 1 is 1.26 bits per heavy atom. The predicted molar refractivity (Wildman–Crippen MR) is 103 cm³/mol. The molecule has 7 nitrogen and oxygen atoms in total. The molecule has 0 atom stereocenters. The van der Waals surface area contributed by atoms with E-state index >= 15 is 0 Å². The van der Waals surface area contributed by atoms with Crippen molar-refractivity contribution in [1.82, 2.24) is 4.90 Å². The number of nitro benzene ring substituents is 1. The summed E-state index contributed by atoms with van der Waals surface area (Å²) in [6.07, 6.45) is 0. The van der Waals surface area contributed by atoms with Crippen LogP contribution in [0, 0.1) is 10.1 Å². The Balaban J connectivity index is 1.83. The molecule has 0 saturated carbocycles. The summed E-state index contributed by atoms with van der Waals surface area (Å²) in [6, 6.07) is 11.9. The molecule has 2 aromatic carbocycles. The SMILES string of the molecule is CN(Cc1ccccc1Cl)C(=O)c1ccc(N2CCOCC2)c([N+](=O)[O-])c1. The number of anilines is 1. The number of hydrogen-bond acceptors (Lipinski definition) is 5. The average molecular weight is 390 g/mol. The van der Waals surface area contributed by atoms with Gasteiger partial charge in [-0.15, -0.1) is 0 Å².